The molecule has 120 valence electrons. The van der Waals surface area contributed by atoms with Crippen LogP contribution in [0, 0.1) is 0 Å². The van der Waals surface area contributed by atoms with Crippen molar-refractivity contribution < 1.29 is 0 Å². The number of halogens is 1. The average molecular weight is 396 g/mol. The van der Waals surface area contributed by atoms with Gasteiger partial charge in [-0.1, -0.05) is 26.2 Å². The fourth-order valence-electron chi connectivity index (χ4n) is 2.62. The van der Waals surface area contributed by atoms with Gasteiger partial charge in [-0.05, 0) is 46.2 Å². The molecular weight excluding hydrogens is 363 g/mol. The third-order valence-corrected chi connectivity index (χ3v) is 4.16. The predicted octanol–water partition coefficient (Wildman–Crippen LogP) is 2.96. The lowest BCUT2D eigenvalue weighted by molar-refractivity contribution is 0.191. The molecule has 0 aromatic carbocycles. The molecule has 1 rings (SSSR count). The Morgan fingerprint density at radius 1 is 1.35 bits per heavy atom. The molecule has 0 saturated heterocycles. The molecule has 0 amide bonds. The normalized spacial score (nSPS) is 18.7. The maximum atomic E-state index is 5.84. The first kappa shape index (κ1) is 20.0. The highest BCUT2D eigenvalue weighted by Crippen LogP contribution is 2.21. The molecule has 5 heteroatoms. The summed E-state index contributed by atoms with van der Waals surface area (Å²) >= 11 is 0. The Morgan fingerprint density at radius 3 is 2.60 bits per heavy atom. The maximum absolute atomic E-state index is 5.84. The summed E-state index contributed by atoms with van der Waals surface area (Å²) in [4.78, 5) is 6.89. The second-order valence-electron chi connectivity index (χ2n) is 5.85. The number of rotatable bonds is 7. The first-order valence-electron chi connectivity index (χ1n) is 7.90. The molecule has 3 N–H and O–H groups in total. The SMILES string of the molecule is CCC(C)NC(N)=NCCCN(C)C1CCCCC1.I. The molecule has 1 aliphatic rings. The van der Waals surface area contributed by atoms with Crippen molar-refractivity contribution in [1.82, 2.24) is 10.2 Å². The Balaban J connectivity index is 0.00000361. The molecule has 0 aliphatic heterocycles. The summed E-state index contributed by atoms with van der Waals surface area (Å²) in [5, 5.41) is 3.20. The number of nitrogens with two attached hydrogens (primary N) is 1. The van der Waals surface area contributed by atoms with Crippen LogP contribution in [0.25, 0.3) is 0 Å². The number of nitrogens with one attached hydrogen (secondary N) is 1. The van der Waals surface area contributed by atoms with Crippen molar-refractivity contribution in [3.05, 3.63) is 0 Å². The molecule has 0 radical (unpaired) electrons. The molecule has 1 atom stereocenters. The van der Waals surface area contributed by atoms with Gasteiger partial charge in [0.25, 0.3) is 0 Å². The minimum absolute atomic E-state index is 0. The first-order valence-corrected chi connectivity index (χ1v) is 7.90. The minimum Gasteiger partial charge on any atom is -0.370 e. The van der Waals surface area contributed by atoms with Gasteiger partial charge >= 0.3 is 0 Å². The van der Waals surface area contributed by atoms with Crippen LogP contribution in [-0.4, -0.2) is 43.1 Å². The zero-order valence-electron chi connectivity index (χ0n) is 13.4. The number of aliphatic imine (C=N–C) groups is 1. The minimum atomic E-state index is 0. The summed E-state index contributed by atoms with van der Waals surface area (Å²) in [6.45, 7) is 6.22. The topological polar surface area (TPSA) is 53.6 Å². The van der Waals surface area contributed by atoms with E-state index in [9.17, 15) is 0 Å². The van der Waals surface area contributed by atoms with Crippen molar-refractivity contribution in [1.29, 1.82) is 0 Å². The molecule has 1 fully saturated rings. The quantitative estimate of drug-likeness (QED) is 0.301. The monoisotopic (exact) mass is 396 g/mol. The van der Waals surface area contributed by atoms with Crippen LogP contribution in [0.1, 0.15) is 58.8 Å². The first-order chi connectivity index (χ1) is 9.13. The van der Waals surface area contributed by atoms with Crippen molar-refractivity contribution >= 4 is 29.9 Å². The molecule has 4 nitrogen and oxygen atoms in total. The van der Waals surface area contributed by atoms with Gasteiger partial charge in [-0.2, -0.15) is 0 Å². The van der Waals surface area contributed by atoms with E-state index in [-0.39, 0.29) is 24.0 Å². The van der Waals surface area contributed by atoms with Crippen LogP contribution in [0.4, 0.5) is 0 Å². The smallest absolute Gasteiger partial charge is 0.188 e. The average Bonchev–Trinajstić information content (AvgIpc) is 2.44. The second-order valence-corrected chi connectivity index (χ2v) is 5.85. The fourth-order valence-corrected chi connectivity index (χ4v) is 2.62. The molecule has 0 heterocycles. The van der Waals surface area contributed by atoms with Crippen LogP contribution < -0.4 is 11.1 Å². The number of hydrogen-bond acceptors (Lipinski definition) is 2. The molecule has 0 aromatic heterocycles. The van der Waals surface area contributed by atoms with E-state index in [1.54, 1.807) is 0 Å². The summed E-state index contributed by atoms with van der Waals surface area (Å²) in [6.07, 6.45) is 9.13. The van der Waals surface area contributed by atoms with Crippen molar-refractivity contribution in [2.75, 3.05) is 20.1 Å². The molecule has 20 heavy (non-hydrogen) atoms. The van der Waals surface area contributed by atoms with Crippen LogP contribution in [0.5, 0.6) is 0 Å². The Bertz CT molecular complexity index is 265. The fraction of sp³-hybridized carbons (Fsp3) is 0.933. The van der Waals surface area contributed by atoms with E-state index < -0.39 is 0 Å². The van der Waals surface area contributed by atoms with Gasteiger partial charge in [-0.25, -0.2) is 0 Å². The van der Waals surface area contributed by atoms with E-state index in [0.717, 1.165) is 32.0 Å². The maximum Gasteiger partial charge on any atom is 0.188 e. The van der Waals surface area contributed by atoms with Crippen LogP contribution >= 0.6 is 24.0 Å². The van der Waals surface area contributed by atoms with Crippen LogP contribution in [-0.2, 0) is 0 Å². The molecule has 1 saturated carbocycles. The van der Waals surface area contributed by atoms with Crippen LogP contribution in [0.15, 0.2) is 4.99 Å². The summed E-state index contributed by atoms with van der Waals surface area (Å²) in [5.41, 5.74) is 5.84. The summed E-state index contributed by atoms with van der Waals surface area (Å²) in [7, 11) is 2.25. The van der Waals surface area contributed by atoms with Gasteiger partial charge in [0.2, 0.25) is 0 Å². The van der Waals surface area contributed by atoms with Gasteiger partial charge in [0.1, 0.15) is 0 Å². The second kappa shape index (κ2) is 11.6. The number of hydrogen-bond donors (Lipinski definition) is 2. The molecule has 0 spiro atoms. The van der Waals surface area contributed by atoms with Gasteiger partial charge in [0, 0.05) is 18.6 Å². The summed E-state index contributed by atoms with van der Waals surface area (Å²) in [5.74, 6) is 0.592. The molecular formula is C15H33IN4. The van der Waals surface area contributed by atoms with Gasteiger partial charge < -0.3 is 16.0 Å². The van der Waals surface area contributed by atoms with Crippen molar-refractivity contribution in [3.63, 3.8) is 0 Å². The summed E-state index contributed by atoms with van der Waals surface area (Å²) < 4.78 is 0. The standard InChI is InChI=1S/C15H32N4.HI/c1-4-13(2)18-15(16)17-11-8-12-19(3)14-9-6-5-7-10-14;/h13-14H,4-12H2,1-3H3,(H3,16,17,18);1H. The van der Waals surface area contributed by atoms with Crippen molar-refractivity contribution in [2.45, 2.75) is 70.9 Å². The van der Waals surface area contributed by atoms with Crippen molar-refractivity contribution in [3.8, 4) is 0 Å². The van der Waals surface area contributed by atoms with Gasteiger partial charge in [0.05, 0.1) is 0 Å². The van der Waals surface area contributed by atoms with E-state index in [2.05, 4.69) is 36.1 Å². The highest BCUT2D eigenvalue weighted by Gasteiger charge is 2.17. The van der Waals surface area contributed by atoms with E-state index >= 15 is 0 Å². The Morgan fingerprint density at radius 2 is 2.00 bits per heavy atom. The van der Waals surface area contributed by atoms with E-state index in [1.807, 2.05) is 0 Å². The van der Waals surface area contributed by atoms with Gasteiger partial charge in [-0.15, -0.1) is 24.0 Å². The summed E-state index contributed by atoms with van der Waals surface area (Å²) in [6, 6.07) is 1.21. The van der Waals surface area contributed by atoms with E-state index in [1.165, 1.54) is 32.1 Å². The number of nitrogens with zero attached hydrogens (tertiary/aromatic N) is 2. The Labute approximate surface area is 142 Å². The third kappa shape index (κ3) is 8.29. The van der Waals surface area contributed by atoms with E-state index in [0.29, 0.717) is 12.0 Å². The number of guanidine groups is 1. The lowest BCUT2D eigenvalue weighted by Gasteiger charge is -2.31. The van der Waals surface area contributed by atoms with Crippen molar-refractivity contribution in [2.24, 2.45) is 10.7 Å². The highest BCUT2D eigenvalue weighted by atomic mass is 127. The molecule has 1 aliphatic carbocycles. The van der Waals surface area contributed by atoms with Gasteiger partial charge in [-0.3, -0.25) is 4.99 Å². The van der Waals surface area contributed by atoms with Gasteiger partial charge in [0.15, 0.2) is 5.96 Å². The zero-order chi connectivity index (χ0) is 14.1. The Hall–Kier alpha value is -0.0400. The predicted molar refractivity (Wildman–Crippen MR) is 98.9 cm³/mol. The zero-order valence-corrected chi connectivity index (χ0v) is 15.7. The molecule has 1 unspecified atom stereocenters. The van der Waals surface area contributed by atoms with Crippen LogP contribution in [0.3, 0.4) is 0 Å². The lowest BCUT2D eigenvalue weighted by Crippen LogP contribution is -2.38. The molecule has 0 bridgehead atoms. The third-order valence-electron chi connectivity index (χ3n) is 4.16. The highest BCUT2D eigenvalue weighted by molar-refractivity contribution is 14.0. The molecule has 0 aromatic rings. The largest absolute Gasteiger partial charge is 0.370 e. The Kier molecular flexibility index (Phi) is 11.6. The lowest BCUT2D eigenvalue weighted by atomic mass is 9.94. The van der Waals surface area contributed by atoms with E-state index in [4.69, 9.17) is 5.73 Å². The van der Waals surface area contributed by atoms with Crippen LogP contribution in [0.2, 0.25) is 0 Å².